The molecule has 0 bridgehead atoms. The van der Waals surface area contributed by atoms with E-state index >= 15 is 0 Å². The van der Waals surface area contributed by atoms with Crippen molar-refractivity contribution in [3.8, 4) is 0 Å². The Morgan fingerprint density at radius 3 is 2.24 bits per heavy atom. The van der Waals surface area contributed by atoms with Crippen LogP contribution in [-0.2, 0) is 32.5 Å². The third kappa shape index (κ3) is 7.52. The van der Waals surface area contributed by atoms with Gasteiger partial charge in [-0.1, -0.05) is 49.4 Å². The Balaban J connectivity index is 1.85. The van der Waals surface area contributed by atoms with Gasteiger partial charge in [0, 0.05) is 44.8 Å². The summed E-state index contributed by atoms with van der Waals surface area (Å²) in [6, 6.07) is 17.7. The van der Waals surface area contributed by atoms with E-state index in [-0.39, 0.29) is 17.9 Å². The lowest BCUT2D eigenvalue weighted by Gasteiger charge is -2.20. The molecule has 2 heterocycles. The fraction of sp³-hybridized carbons (Fsp3) is 0.452. The molecule has 0 unspecified atom stereocenters. The largest absolute Gasteiger partial charge is 0.399 e. The van der Waals surface area contributed by atoms with Gasteiger partial charge >= 0.3 is 5.69 Å². The predicted molar refractivity (Wildman–Crippen MR) is 164 cm³/mol. The lowest BCUT2D eigenvalue weighted by atomic mass is 10.1. The summed E-state index contributed by atoms with van der Waals surface area (Å²) >= 11 is 0. The van der Waals surface area contributed by atoms with Crippen molar-refractivity contribution in [3.63, 3.8) is 0 Å². The zero-order chi connectivity index (χ0) is 29.4. The fourth-order valence-corrected chi connectivity index (χ4v) is 5.17. The van der Waals surface area contributed by atoms with Gasteiger partial charge in [-0.15, -0.1) is 0 Å². The maximum absolute atomic E-state index is 14.0. The molecule has 2 aromatic carbocycles. The molecule has 4 rings (SSSR count). The first kappa shape index (κ1) is 30.2. The molecule has 0 radical (unpaired) electrons. The van der Waals surface area contributed by atoms with E-state index in [4.69, 9.17) is 10.7 Å². The van der Waals surface area contributed by atoms with Gasteiger partial charge in [-0.3, -0.25) is 18.8 Å². The van der Waals surface area contributed by atoms with Crippen molar-refractivity contribution in [2.75, 3.05) is 52.6 Å². The number of anilines is 1. The number of rotatable bonds is 15. The molecule has 2 aromatic heterocycles. The molecule has 41 heavy (non-hydrogen) atoms. The molecule has 0 atom stereocenters. The number of aryl methyl sites for hydroxylation is 2. The minimum absolute atomic E-state index is 0.0682. The topological polar surface area (TPSA) is 115 Å². The molecule has 220 valence electrons. The highest BCUT2D eigenvalue weighted by Crippen LogP contribution is 2.17. The first-order valence-corrected chi connectivity index (χ1v) is 14.4. The Bertz CT molecular complexity index is 1520. The molecule has 0 fully saturated rings. The second-order valence-electron chi connectivity index (χ2n) is 10.7. The van der Waals surface area contributed by atoms with Crippen LogP contribution in [-0.4, -0.2) is 80.5 Å². The van der Waals surface area contributed by atoms with E-state index in [9.17, 15) is 14.7 Å². The van der Waals surface area contributed by atoms with Crippen LogP contribution in [0.15, 0.2) is 64.2 Å². The van der Waals surface area contributed by atoms with Gasteiger partial charge in [0.2, 0.25) is 0 Å². The number of hydrogen-bond acceptors (Lipinski definition) is 7. The standard InChI is InChI=1S/C31H43N7O3/c1-4-35(21-22-39)19-20-36-27(23-25-9-6-5-7-10-25)33-29-28(36)30(40)38(17-8-16-34(2)3)31(41)37(29)18-15-24-11-13-26(32)14-12-24/h5-7,9-14,39H,4,8,15-23,32H2,1-3H3. The van der Waals surface area contributed by atoms with Gasteiger partial charge in [-0.2, -0.15) is 0 Å². The van der Waals surface area contributed by atoms with E-state index < -0.39 is 0 Å². The Morgan fingerprint density at radius 2 is 1.59 bits per heavy atom. The Hall–Kier alpha value is -3.73. The Labute approximate surface area is 241 Å². The lowest BCUT2D eigenvalue weighted by molar-refractivity contribution is 0.197. The van der Waals surface area contributed by atoms with Crippen LogP contribution in [0.5, 0.6) is 0 Å². The van der Waals surface area contributed by atoms with Crippen molar-refractivity contribution in [2.45, 2.75) is 45.8 Å². The van der Waals surface area contributed by atoms with Crippen molar-refractivity contribution in [1.82, 2.24) is 28.5 Å². The number of aromatic nitrogens is 4. The second-order valence-corrected chi connectivity index (χ2v) is 10.7. The molecule has 3 N–H and O–H groups in total. The van der Waals surface area contributed by atoms with E-state index in [1.807, 2.05) is 78.2 Å². The quantitative estimate of drug-likeness (QED) is 0.214. The molecule has 0 saturated heterocycles. The monoisotopic (exact) mass is 561 g/mol. The average Bonchev–Trinajstić information content (AvgIpc) is 3.31. The summed E-state index contributed by atoms with van der Waals surface area (Å²) in [7, 11) is 3.96. The highest BCUT2D eigenvalue weighted by molar-refractivity contribution is 5.71. The number of nitrogen functional groups attached to an aromatic ring is 1. The molecule has 0 amide bonds. The highest BCUT2D eigenvalue weighted by atomic mass is 16.3. The first-order chi connectivity index (χ1) is 19.8. The molecular formula is C31H43N7O3. The molecule has 10 nitrogen and oxygen atoms in total. The van der Waals surface area contributed by atoms with Crippen molar-refractivity contribution >= 4 is 16.9 Å². The molecule has 0 aliphatic heterocycles. The number of likely N-dealkylation sites (N-methyl/N-ethyl adjacent to an activating group) is 1. The summed E-state index contributed by atoms with van der Waals surface area (Å²) in [6.45, 7) is 6.11. The number of fused-ring (bicyclic) bond motifs is 1. The van der Waals surface area contributed by atoms with Crippen molar-refractivity contribution < 1.29 is 5.11 Å². The van der Waals surface area contributed by atoms with Crippen LogP contribution >= 0.6 is 0 Å². The van der Waals surface area contributed by atoms with Gasteiger partial charge in [0.15, 0.2) is 11.2 Å². The normalized spacial score (nSPS) is 11.8. The molecule has 4 aromatic rings. The maximum Gasteiger partial charge on any atom is 0.332 e. The summed E-state index contributed by atoms with van der Waals surface area (Å²) in [5, 5.41) is 9.52. The van der Waals surface area contributed by atoms with Crippen LogP contribution in [0.25, 0.3) is 11.2 Å². The van der Waals surface area contributed by atoms with E-state index in [2.05, 4.69) is 11.8 Å². The fourth-order valence-electron chi connectivity index (χ4n) is 5.17. The van der Waals surface area contributed by atoms with E-state index in [0.717, 1.165) is 30.0 Å². The van der Waals surface area contributed by atoms with Crippen molar-refractivity contribution in [2.24, 2.45) is 0 Å². The predicted octanol–water partition coefficient (Wildman–Crippen LogP) is 2.04. The first-order valence-electron chi connectivity index (χ1n) is 14.4. The van der Waals surface area contributed by atoms with Gasteiger partial charge in [0.1, 0.15) is 5.82 Å². The summed E-state index contributed by atoms with van der Waals surface area (Å²) < 4.78 is 5.04. The lowest BCUT2D eigenvalue weighted by Crippen LogP contribution is -2.41. The molecule has 0 aliphatic carbocycles. The number of benzene rings is 2. The van der Waals surface area contributed by atoms with Crippen LogP contribution in [0, 0.1) is 0 Å². The van der Waals surface area contributed by atoms with Crippen molar-refractivity contribution in [3.05, 3.63) is 92.4 Å². The maximum atomic E-state index is 14.0. The second kappa shape index (κ2) is 14.2. The minimum Gasteiger partial charge on any atom is -0.399 e. The summed E-state index contributed by atoms with van der Waals surface area (Å²) in [4.78, 5) is 37.0. The average molecular weight is 562 g/mol. The van der Waals surface area contributed by atoms with Crippen molar-refractivity contribution in [1.29, 1.82) is 0 Å². The van der Waals surface area contributed by atoms with E-state index in [0.29, 0.717) is 68.8 Å². The van der Waals surface area contributed by atoms with Crippen LogP contribution < -0.4 is 17.0 Å². The van der Waals surface area contributed by atoms with Gasteiger partial charge in [0.25, 0.3) is 5.56 Å². The third-order valence-electron chi connectivity index (χ3n) is 7.49. The highest BCUT2D eigenvalue weighted by Gasteiger charge is 2.22. The zero-order valence-electron chi connectivity index (χ0n) is 24.5. The summed E-state index contributed by atoms with van der Waals surface area (Å²) in [6.07, 6.45) is 1.82. The number of nitrogens with zero attached hydrogens (tertiary/aromatic N) is 6. The Morgan fingerprint density at radius 1 is 0.854 bits per heavy atom. The SMILES string of the molecule is CCN(CCO)CCn1c(Cc2ccccc2)nc2c1c(=O)n(CCCN(C)C)c(=O)n2CCc1ccc(N)cc1. The summed E-state index contributed by atoms with van der Waals surface area (Å²) in [5.74, 6) is 0.745. The number of nitrogens with two attached hydrogens (primary N) is 1. The van der Waals surface area contributed by atoms with Crippen LogP contribution in [0.4, 0.5) is 5.69 Å². The molecule has 10 heteroatoms. The molecular weight excluding hydrogens is 518 g/mol. The minimum atomic E-state index is -0.330. The summed E-state index contributed by atoms with van der Waals surface area (Å²) in [5.41, 5.74) is 8.94. The number of imidazole rings is 1. The van der Waals surface area contributed by atoms with Crippen LogP contribution in [0.2, 0.25) is 0 Å². The van der Waals surface area contributed by atoms with Gasteiger partial charge in [-0.25, -0.2) is 9.78 Å². The Kier molecular flexibility index (Phi) is 10.5. The number of hydrogen-bond donors (Lipinski definition) is 2. The van der Waals surface area contributed by atoms with E-state index in [1.165, 1.54) is 4.57 Å². The van der Waals surface area contributed by atoms with E-state index in [1.54, 1.807) is 4.57 Å². The molecule has 0 saturated carbocycles. The molecule has 0 spiro atoms. The van der Waals surface area contributed by atoms with Crippen LogP contribution in [0.1, 0.15) is 30.3 Å². The van der Waals surface area contributed by atoms with Gasteiger partial charge in [0.05, 0.1) is 6.61 Å². The zero-order valence-corrected chi connectivity index (χ0v) is 24.5. The third-order valence-corrected chi connectivity index (χ3v) is 7.49. The smallest absolute Gasteiger partial charge is 0.332 e. The van der Waals surface area contributed by atoms with Gasteiger partial charge in [-0.05, 0) is 63.3 Å². The van der Waals surface area contributed by atoms with Crippen LogP contribution in [0.3, 0.4) is 0 Å². The molecule has 0 aliphatic rings. The van der Waals surface area contributed by atoms with Gasteiger partial charge < -0.3 is 20.3 Å². The number of aliphatic hydroxyl groups is 1. The number of aliphatic hydroxyl groups excluding tert-OH is 1.